The van der Waals surface area contributed by atoms with E-state index < -0.39 is 4.92 Å². The van der Waals surface area contributed by atoms with Crippen LogP contribution in [0.1, 0.15) is 0 Å². The molecular weight excluding hydrogens is 350 g/mol. The zero-order valence-corrected chi connectivity index (χ0v) is 13.4. The average molecular weight is 364 g/mol. The second kappa shape index (κ2) is 7.04. The Bertz CT molecular complexity index is 689. The quantitative estimate of drug-likeness (QED) is 0.652. The molecule has 0 fully saturated rings. The van der Waals surface area contributed by atoms with E-state index in [9.17, 15) is 14.9 Å². The maximum atomic E-state index is 12.0. The summed E-state index contributed by atoms with van der Waals surface area (Å²) in [7, 11) is 1.75. The van der Waals surface area contributed by atoms with Gasteiger partial charge < -0.3 is 10.2 Å². The van der Waals surface area contributed by atoms with E-state index in [1.165, 1.54) is 12.1 Å². The lowest BCUT2D eigenvalue weighted by molar-refractivity contribution is -0.384. The largest absolute Gasteiger partial charge is 0.365 e. The Morgan fingerprint density at radius 1 is 1.23 bits per heavy atom. The third kappa shape index (κ3) is 4.05. The van der Waals surface area contributed by atoms with Gasteiger partial charge in [-0.05, 0) is 40.2 Å². The van der Waals surface area contributed by atoms with Gasteiger partial charge in [0.25, 0.3) is 5.69 Å². The Morgan fingerprint density at radius 3 is 2.45 bits per heavy atom. The van der Waals surface area contributed by atoms with Gasteiger partial charge in [0.15, 0.2) is 0 Å². The molecule has 1 N–H and O–H groups in total. The summed E-state index contributed by atoms with van der Waals surface area (Å²) < 4.78 is 0.807. The van der Waals surface area contributed by atoms with Gasteiger partial charge in [0.2, 0.25) is 5.91 Å². The van der Waals surface area contributed by atoms with Gasteiger partial charge in [-0.1, -0.05) is 12.1 Å². The fourth-order valence-electron chi connectivity index (χ4n) is 1.89. The smallest absolute Gasteiger partial charge is 0.269 e. The highest BCUT2D eigenvalue weighted by atomic mass is 79.9. The molecule has 0 heterocycles. The third-order valence-corrected chi connectivity index (χ3v) is 3.72. The Kier molecular flexibility index (Phi) is 5.11. The lowest BCUT2D eigenvalue weighted by atomic mass is 10.2. The molecule has 0 aliphatic carbocycles. The van der Waals surface area contributed by atoms with Gasteiger partial charge in [0.05, 0.1) is 17.2 Å². The van der Waals surface area contributed by atoms with Crippen LogP contribution in [0.4, 0.5) is 17.1 Å². The number of halogens is 1. The molecule has 0 atom stereocenters. The van der Waals surface area contributed by atoms with Gasteiger partial charge in [-0.3, -0.25) is 14.9 Å². The van der Waals surface area contributed by atoms with Gasteiger partial charge in [-0.25, -0.2) is 0 Å². The van der Waals surface area contributed by atoms with Crippen LogP contribution >= 0.6 is 15.9 Å². The number of likely N-dealkylation sites (N-methyl/N-ethyl adjacent to an activating group) is 1. The Morgan fingerprint density at radius 2 is 1.86 bits per heavy atom. The molecule has 0 aromatic heterocycles. The van der Waals surface area contributed by atoms with Gasteiger partial charge in [0, 0.05) is 29.3 Å². The molecular formula is C15H14BrN3O3. The van der Waals surface area contributed by atoms with E-state index in [1.807, 2.05) is 18.2 Å². The number of hydrogen-bond donors (Lipinski definition) is 1. The lowest BCUT2D eigenvalue weighted by Gasteiger charge is -2.18. The summed E-state index contributed by atoms with van der Waals surface area (Å²) in [5.74, 6) is -0.173. The van der Waals surface area contributed by atoms with Crippen molar-refractivity contribution in [2.45, 2.75) is 0 Å². The van der Waals surface area contributed by atoms with Crippen LogP contribution in [0.25, 0.3) is 0 Å². The van der Waals surface area contributed by atoms with Crippen molar-refractivity contribution >= 4 is 38.9 Å². The van der Waals surface area contributed by atoms with Gasteiger partial charge in [-0.2, -0.15) is 0 Å². The summed E-state index contributed by atoms with van der Waals surface area (Å²) in [6.07, 6.45) is 0. The highest BCUT2D eigenvalue weighted by Crippen LogP contribution is 2.22. The van der Waals surface area contributed by atoms with Gasteiger partial charge in [-0.15, -0.1) is 0 Å². The maximum absolute atomic E-state index is 12.0. The van der Waals surface area contributed by atoms with Crippen molar-refractivity contribution in [1.82, 2.24) is 0 Å². The highest BCUT2D eigenvalue weighted by Gasteiger charge is 2.11. The monoisotopic (exact) mass is 363 g/mol. The molecule has 114 valence electrons. The van der Waals surface area contributed by atoms with Crippen molar-refractivity contribution in [2.75, 3.05) is 23.8 Å². The number of nitrogens with zero attached hydrogens (tertiary/aromatic N) is 2. The minimum absolute atomic E-state index is 0.0230. The topological polar surface area (TPSA) is 75.5 Å². The van der Waals surface area contributed by atoms with Crippen LogP contribution in [0.15, 0.2) is 53.0 Å². The van der Waals surface area contributed by atoms with E-state index in [4.69, 9.17) is 0 Å². The number of carbonyl (C=O) groups excluding carboxylic acids is 1. The van der Waals surface area contributed by atoms with Crippen LogP contribution in [0.2, 0.25) is 0 Å². The van der Waals surface area contributed by atoms with Crippen LogP contribution in [-0.2, 0) is 4.79 Å². The number of nitro groups is 1. The molecule has 2 rings (SSSR count). The first-order valence-electron chi connectivity index (χ1n) is 6.47. The number of non-ortho nitro benzene ring substituents is 1. The van der Waals surface area contributed by atoms with Crippen LogP contribution in [0.3, 0.4) is 0 Å². The third-order valence-electron chi connectivity index (χ3n) is 3.03. The maximum Gasteiger partial charge on any atom is 0.269 e. The first-order valence-corrected chi connectivity index (χ1v) is 7.26. The first-order chi connectivity index (χ1) is 10.5. The second-order valence-corrected chi connectivity index (χ2v) is 5.51. The molecule has 0 saturated carbocycles. The highest BCUT2D eigenvalue weighted by molar-refractivity contribution is 9.10. The van der Waals surface area contributed by atoms with Crippen molar-refractivity contribution in [3.05, 3.63) is 63.1 Å². The second-order valence-electron chi connectivity index (χ2n) is 4.66. The summed E-state index contributed by atoms with van der Waals surface area (Å²) in [4.78, 5) is 23.9. The average Bonchev–Trinajstić information content (AvgIpc) is 2.49. The number of benzene rings is 2. The predicted molar refractivity (Wildman–Crippen MR) is 89.1 cm³/mol. The Balaban J connectivity index is 1.99. The molecule has 22 heavy (non-hydrogen) atoms. The number of amides is 1. The molecule has 0 radical (unpaired) electrons. The summed E-state index contributed by atoms with van der Waals surface area (Å²) in [5, 5.41) is 13.4. The van der Waals surface area contributed by atoms with E-state index in [0.717, 1.165) is 10.2 Å². The number of para-hydroxylation sites is 1. The zero-order chi connectivity index (χ0) is 16.1. The first kappa shape index (κ1) is 16.0. The Hall–Kier alpha value is -2.41. The molecule has 2 aromatic rings. The van der Waals surface area contributed by atoms with Crippen molar-refractivity contribution in [2.24, 2.45) is 0 Å². The normalized spacial score (nSPS) is 10.1. The molecule has 0 spiro atoms. The van der Waals surface area contributed by atoms with E-state index in [1.54, 1.807) is 30.1 Å². The molecule has 0 saturated heterocycles. The predicted octanol–water partition coefficient (Wildman–Crippen LogP) is 3.43. The number of anilines is 2. The van der Waals surface area contributed by atoms with E-state index >= 15 is 0 Å². The molecule has 6 nitrogen and oxygen atoms in total. The molecule has 7 heteroatoms. The number of carbonyl (C=O) groups is 1. The Labute approximate surface area is 136 Å². The minimum Gasteiger partial charge on any atom is -0.365 e. The lowest BCUT2D eigenvalue weighted by Crippen LogP contribution is -2.30. The van der Waals surface area contributed by atoms with Crippen LogP contribution in [-0.4, -0.2) is 24.4 Å². The summed E-state index contributed by atoms with van der Waals surface area (Å²) >= 11 is 3.37. The fourth-order valence-corrected chi connectivity index (χ4v) is 2.27. The number of rotatable bonds is 5. The summed E-state index contributed by atoms with van der Waals surface area (Å²) in [6, 6.07) is 13.4. The number of hydrogen-bond acceptors (Lipinski definition) is 4. The fraction of sp³-hybridized carbons (Fsp3) is 0.133. The molecule has 0 bridgehead atoms. The molecule has 0 aliphatic heterocycles. The van der Waals surface area contributed by atoms with Crippen molar-refractivity contribution in [3.63, 3.8) is 0 Å². The van der Waals surface area contributed by atoms with Crippen molar-refractivity contribution in [1.29, 1.82) is 0 Å². The van der Waals surface area contributed by atoms with E-state index in [-0.39, 0.29) is 18.1 Å². The summed E-state index contributed by atoms with van der Waals surface area (Å²) in [6.45, 7) is 0.138. The SMILES string of the molecule is CN(CC(=O)Nc1ccccc1Br)c1ccc([N+](=O)[O-])cc1. The van der Waals surface area contributed by atoms with E-state index in [2.05, 4.69) is 21.2 Å². The van der Waals surface area contributed by atoms with Crippen LogP contribution in [0.5, 0.6) is 0 Å². The number of nitrogens with one attached hydrogen (secondary N) is 1. The van der Waals surface area contributed by atoms with Gasteiger partial charge >= 0.3 is 0 Å². The molecule has 0 unspecified atom stereocenters. The number of nitro benzene ring substituents is 1. The molecule has 0 aliphatic rings. The molecule has 1 amide bonds. The van der Waals surface area contributed by atoms with Crippen molar-refractivity contribution < 1.29 is 9.72 Å². The van der Waals surface area contributed by atoms with Gasteiger partial charge in [0.1, 0.15) is 0 Å². The molecule has 2 aromatic carbocycles. The standard InChI is InChI=1S/C15H14BrN3O3/c1-18(11-6-8-12(9-7-11)19(21)22)10-15(20)17-14-5-3-2-4-13(14)16/h2-9H,10H2,1H3,(H,17,20). The van der Waals surface area contributed by atoms with Crippen molar-refractivity contribution in [3.8, 4) is 0 Å². The van der Waals surface area contributed by atoms with Crippen LogP contribution < -0.4 is 10.2 Å². The van der Waals surface area contributed by atoms with E-state index in [0.29, 0.717) is 5.69 Å². The van der Waals surface area contributed by atoms with Crippen LogP contribution in [0, 0.1) is 10.1 Å². The summed E-state index contributed by atoms with van der Waals surface area (Å²) in [5.41, 5.74) is 1.45. The minimum atomic E-state index is -0.455. The zero-order valence-electron chi connectivity index (χ0n) is 11.8.